The molecule has 0 spiro atoms. The fourth-order valence-electron chi connectivity index (χ4n) is 11.1. The second-order valence-electron chi connectivity index (χ2n) is 17.2. The number of fused-ring (bicyclic) bond motifs is 5. The van der Waals surface area contributed by atoms with E-state index in [-0.39, 0.29) is 6.10 Å². The van der Waals surface area contributed by atoms with Crippen molar-refractivity contribution in [1.29, 1.82) is 0 Å². The largest absolute Gasteiger partial charge is 0.490 e. The minimum absolute atomic E-state index is 0.281. The summed E-state index contributed by atoms with van der Waals surface area (Å²) in [6.45, 7) is 14.1. The number of rotatable bonds is 14. The Labute approximate surface area is 301 Å². The summed E-state index contributed by atoms with van der Waals surface area (Å²) >= 11 is 0. The van der Waals surface area contributed by atoms with Gasteiger partial charge in [0.25, 0.3) is 0 Å². The molecule has 4 aliphatic rings. The molecule has 0 N–H and O–H groups in total. The van der Waals surface area contributed by atoms with Crippen LogP contribution in [-0.4, -0.2) is 24.5 Å². The second kappa shape index (κ2) is 15.3. The van der Waals surface area contributed by atoms with Gasteiger partial charge < -0.3 is 18.7 Å². The Morgan fingerprint density at radius 3 is 2.52 bits per heavy atom. The first-order valence-corrected chi connectivity index (χ1v) is 19.9. The molecule has 0 saturated heterocycles. The van der Waals surface area contributed by atoms with Crippen molar-refractivity contribution in [3.8, 4) is 22.8 Å². The van der Waals surface area contributed by atoms with Gasteiger partial charge in [0.15, 0.2) is 5.76 Å². The van der Waals surface area contributed by atoms with E-state index in [0.717, 1.165) is 71.1 Å². The molecular formula is C45H61NO4. The molecule has 0 aliphatic heterocycles. The molecule has 3 saturated carbocycles. The maximum atomic E-state index is 6.51. The average molecular weight is 680 g/mol. The van der Waals surface area contributed by atoms with E-state index >= 15 is 0 Å². The van der Waals surface area contributed by atoms with Crippen LogP contribution in [-0.2, 0) is 11.3 Å². The van der Waals surface area contributed by atoms with Gasteiger partial charge in [-0.1, -0.05) is 101 Å². The van der Waals surface area contributed by atoms with Gasteiger partial charge in [0, 0.05) is 11.6 Å². The Hall–Kier alpha value is -3.05. The van der Waals surface area contributed by atoms with Crippen LogP contribution >= 0.6 is 0 Å². The third-order valence-corrected chi connectivity index (χ3v) is 13.8. The van der Waals surface area contributed by atoms with Gasteiger partial charge in [-0.3, -0.25) is 0 Å². The minimum atomic E-state index is 0.281. The first-order chi connectivity index (χ1) is 24.2. The lowest BCUT2D eigenvalue weighted by Gasteiger charge is -2.58. The summed E-state index contributed by atoms with van der Waals surface area (Å²) in [5.41, 5.74) is 4.25. The van der Waals surface area contributed by atoms with Crippen molar-refractivity contribution in [3.05, 3.63) is 78.1 Å². The SMILES string of the molecule is CC(C)CCC[C@@H](C)[C@H]1CC[C@H]2[C@@H]3CC=C4C[C@@H](OCCOc5ccccc5-c5cc(COc6ccccc6)on5)CC[C@]4(C)[C@H]3CC[C@]12C. The van der Waals surface area contributed by atoms with Crippen molar-refractivity contribution in [1.82, 2.24) is 5.16 Å². The summed E-state index contributed by atoms with van der Waals surface area (Å²) in [6, 6.07) is 19.7. The standard InChI is InChI=1S/C45H61NO4/c1-31(2)12-11-13-32(3)39-20-21-40-37-19-18-33-28-35(22-24-44(33,4)41(37)23-25-45(39,40)5)47-26-27-48-43-17-10-9-16-38(43)42-29-36(50-46-42)30-49-34-14-7-6-8-15-34/h6-10,14-18,29,31-32,35,37,39-41H,11-13,19-28,30H2,1-5H3/t32-,35+,37+,39-,40+,41+,44+,45-/m1/s1. The van der Waals surface area contributed by atoms with Crippen LogP contribution in [0.2, 0.25) is 0 Å². The van der Waals surface area contributed by atoms with Gasteiger partial charge in [0.1, 0.15) is 30.4 Å². The Kier molecular flexibility index (Phi) is 10.8. The first kappa shape index (κ1) is 35.4. The first-order valence-electron chi connectivity index (χ1n) is 19.9. The van der Waals surface area contributed by atoms with Crippen LogP contribution in [0.1, 0.15) is 111 Å². The van der Waals surface area contributed by atoms with Gasteiger partial charge in [0.05, 0.1) is 12.7 Å². The number of nitrogens with zero attached hydrogens (tertiary/aromatic N) is 1. The van der Waals surface area contributed by atoms with Crippen LogP contribution in [0.3, 0.4) is 0 Å². The molecule has 5 nitrogen and oxygen atoms in total. The van der Waals surface area contributed by atoms with Crippen LogP contribution in [0.25, 0.3) is 11.3 Å². The lowest BCUT2D eigenvalue weighted by atomic mass is 9.47. The third-order valence-electron chi connectivity index (χ3n) is 13.8. The summed E-state index contributed by atoms with van der Waals surface area (Å²) < 4.78 is 24.2. The predicted molar refractivity (Wildman–Crippen MR) is 201 cm³/mol. The summed E-state index contributed by atoms with van der Waals surface area (Å²) in [7, 11) is 0. The van der Waals surface area contributed by atoms with E-state index in [4.69, 9.17) is 18.7 Å². The molecule has 0 unspecified atom stereocenters. The molecule has 1 heterocycles. The highest BCUT2D eigenvalue weighted by Crippen LogP contribution is 2.67. The lowest BCUT2D eigenvalue weighted by molar-refractivity contribution is -0.0653. The summed E-state index contributed by atoms with van der Waals surface area (Å²) in [5, 5.41) is 4.31. The fraction of sp³-hybridized carbons (Fsp3) is 0.622. The Morgan fingerprint density at radius 1 is 0.860 bits per heavy atom. The highest BCUT2D eigenvalue weighted by Gasteiger charge is 2.59. The molecule has 8 atom stereocenters. The number of para-hydroxylation sites is 2. The van der Waals surface area contributed by atoms with Crippen LogP contribution in [0.15, 0.2) is 76.8 Å². The van der Waals surface area contributed by atoms with E-state index in [0.29, 0.717) is 36.4 Å². The van der Waals surface area contributed by atoms with Crippen molar-refractivity contribution in [2.45, 2.75) is 118 Å². The molecule has 50 heavy (non-hydrogen) atoms. The van der Waals surface area contributed by atoms with Crippen molar-refractivity contribution in [3.63, 3.8) is 0 Å². The molecule has 0 radical (unpaired) electrons. The van der Waals surface area contributed by atoms with Gasteiger partial charge >= 0.3 is 0 Å². The van der Waals surface area contributed by atoms with Crippen LogP contribution in [0.4, 0.5) is 0 Å². The van der Waals surface area contributed by atoms with Crippen LogP contribution in [0, 0.1) is 46.3 Å². The number of ether oxygens (including phenoxy) is 3. The molecule has 4 aliphatic carbocycles. The Morgan fingerprint density at radius 2 is 1.68 bits per heavy atom. The van der Waals surface area contributed by atoms with E-state index in [1.54, 1.807) is 5.57 Å². The van der Waals surface area contributed by atoms with Gasteiger partial charge in [-0.2, -0.15) is 0 Å². The van der Waals surface area contributed by atoms with Crippen molar-refractivity contribution in [2.75, 3.05) is 13.2 Å². The van der Waals surface area contributed by atoms with E-state index in [2.05, 4.69) is 45.9 Å². The number of hydrogen-bond donors (Lipinski definition) is 0. The maximum absolute atomic E-state index is 6.51. The summed E-state index contributed by atoms with van der Waals surface area (Å²) in [5.74, 6) is 7.52. The van der Waals surface area contributed by atoms with Crippen LogP contribution < -0.4 is 9.47 Å². The van der Waals surface area contributed by atoms with Crippen molar-refractivity contribution >= 4 is 0 Å². The topological polar surface area (TPSA) is 53.7 Å². The minimum Gasteiger partial charge on any atom is -0.490 e. The average Bonchev–Trinajstić information content (AvgIpc) is 3.74. The molecule has 3 fully saturated rings. The molecule has 7 rings (SSSR count). The fourth-order valence-corrected chi connectivity index (χ4v) is 11.1. The normalized spacial score (nSPS) is 31.0. The monoisotopic (exact) mass is 679 g/mol. The molecule has 2 aromatic carbocycles. The second-order valence-corrected chi connectivity index (χ2v) is 17.2. The molecule has 1 aromatic heterocycles. The summed E-state index contributed by atoms with van der Waals surface area (Å²) in [4.78, 5) is 0. The number of benzene rings is 2. The lowest BCUT2D eigenvalue weighted by Crippen LogP contribution is -2.51. The number of aromatic nitrogens is 1. The molecule has 0 amide bonds. The molecule has 270 valence electrons. The Balaban J connectivity index is 0.906. The highest BCUT2D eigenvalue weighted by molar-refractivity contribution is 5.66. The molecule has 0 bridgehead atoms. The smallest absolute Gasteiger partial charge is 0.174 e. The van der Waals surface area contributed by atoms with E-state index in [9.17, 15) is 0 Å². The Bertz CT molecular complexity index is 1580. The zero-order chi connectivity index (χ0) is 34.7. The number of hydrogen-bond acceptors (Lipinski definition) is 5. The van der Waals surface area contributed by atoms with E-state index < -0.39 is 0 Å². The van der Waals surface area contributed by atoms with Crippen LogP contribution in [0.5, 0.6) is 11.5 Å². The maximum Gasteiger partial charge on any atom is 0.174 e. The molecule has 3 aromatic rings. The van der Waals surface area contributed by atoms with E-state index in [1.165, 1.54) is 57.8 Å². The highest BCUT2D eigenvalue weighted by atomic mass is 16.5. The third kappa shape index (κ3) is 7.31. The van der Waals surface area contributed by atoms with Gasteiger partial charge in [-0.05, 0) is 122 Å². The van der Waals surface area contributed by atoms with Gasteiger partial charge in [0.2, 0.25) is 0 Å². The zero-order valence-electron chi connectivity index (χ0n) is 31.4. The zero-order valence-corrected chi connectivity index (χ0v) is 31.4. The molecule has 5 heteroatoms. The van der Waals surface area contributed by atoms with Crippen molar-refractivity contribution in [2.24, 2.45) is 46.3 Å². The molecular weight excluding hydrogens is 618 g/mol. The predicted octanol–water partition coefficient (Wildman–Crippen LogP) is 11.7. The number of allylic oxidation sites excluding steroid dienone is 1. The van der Waals surface area contributed by atoms with E-state index in [1.807, 2.05) is 60.7 Å². The van der Waals surface area contributed by atoms with Crippen molar-refractivity contribution < 1.29 is 18.7 Å². The van der Waals surface area contributed by atoms with Gasteiger partial charge in [-0.25, -0.2) is 0 Å². The van der Waals surface area contributed by atoms with Gasteiger partial charge in [-0.15, -0.1) is 0 Å². The summed E-state index contributed by atoms with van der Waals surface area (Å²) in [6.07, 6.45) is 17.8. The quantitative estimate of drug-likeness (QED) is 0.125.